The van der Waals surface area contributed by atoms with Crippen molar-refractivity contribution in [3.8, 4) is 11.4 Å². The van der Waals surface area contributed by atoms with Crippen LogP contribution in [0.25, 0.3) is 11.4 Å². The van der Waals surface area contributed by atoms with Gasteiger partial charge in [0.15, 0.2) is 5.82 Å². The van der Waals surface area contributed by atoms with Crippen LogP contribution in [0.1, 0.15) is 25.1 Å². The maximum absolute atomic E-state index is 4.51. The van der Waals surface area contributed by atoms with Gasteiger partial charge in [0.25, 0.3) is 0 Å². The lowest BCUT2D eigenvalue weighted by atomic mass is 10.1. The topological polar surface area (TPSA) is 54.5 Å². The second kappa shape index (κ2) is 8.34. The fraction of sp³-hybridized carbons (Fsp3) is 0.235. The Balaban J connectivity index is 0.000000847. The van der Waals surface area contributed by atoms with Crippen molar-refractivity contribution in [1.29, 1.82) is 0 Å². The Morgan fingerprint density at radius 3 is 2.68 bits per heavy atom. The predicted molar refractivity (Wildman–Crippen MR) is 91.7 cm³/mol. The fourth-order valence-electron chi connectivity index (χ4n) is 1.85. The van der Waals surface area contributed by atoms with E-state index < -0.39 is 0 Å². The van der Waals surface area contributed by atoms with Crippen LogP contribution in [0.15, 0.2) is 53.8 Å². The van der Waals surface area contributed by atoms with Gasteiger partial charge in [-0.2, -0.15) is 0 Å². The van der Waals surface area contributed by atoms with E-state index in [1.807, 2.05) is 44.2 Å². The SMILES string of the molecule is CC.Cc1cccc(-c2nc(SCc3ccccn3)n[nH]2)c1. The van der Waals surface area contributed by atoms with Crippen molar-refractivity contribution in [2.75, 3.05) is 0 Å². The summed E-state index contributed by atoms with van der Waals surface area (Å²) in [5.41, 5.74) is 3.29. The molecule has 2 aromatic heterocycles. The Morgan fingerprint density at radius 2 is 1.95 bits per heavy atom. The molecule has 0 aliphatic heterocycles. The van der Waals surface area contributed by atoms with Gasteiger partial charge in [-0.25, -0.2) is 4.98 Å². The van der Waals surface area contributed by atoms with E-state index in [1.54, 1.807) is 18.0 Å². The third-order valence-electron chi connectivity index (χ3n) is 2.83. The van der Waals surface area contributed by atoms with Gasteiger partial charge in [-0.1, -0.05) is 55.4 Å². The number of nitrogens with zero attached hydrogens (tertiary/aromatic N) is 3. The highest BCUT2D eigenvalue weighted by atomic mass is 32.2. The Kier molecular flexibility index (Phi) is 6.15. The number of benzene rings is 1. The van der Waals surface area contributed by atoms with E-state index in [-0.39, 0.29) is 0 Å². The van der Waals surface area contributed by atoms with Gasteiger partial charge in [0.1, 0.15) is 0 Å². The second-order valence-electron chi connectivity index (χ2n) is 4.45. The van der Waals surface area contributed by atoms with Crippen molar-refractivity contribution in [2.45, 2.75) is 31.7 Å². The normalized spacial score (nSPS) is 9.95. The van der Waals surface area contributed by atoms with Gasteiger partial charge < -0.3 is 0 Å². The number of aryl methyl sites for hydroxylation is 1. The van der Waals surface area contributed by atoms with E-state index in [0.717, 1.165) is 28.0 Å². The number of aromatic amines is 1. The predicted octanol–water partition coefficient (Wildman–Crippen LogP) is 4.49. The van der Waals surface area contributed by atoms with Gasteiger partial charge in [-0.05, 0) is 25.1 Å². The first-order valence-corrected chi connectivity index (χ1v) is 8.32. The lowest BCUT2D eigenvalue weighted by molar-refractivity contribution is 0.971. The lowest BCUT2D eigenvalue weighted by Gasteiger charge is -1.97. The van der Waals surface area contributed by atoms with Crippen LogP contribution in [-0.2, 0) is 5.75 Å². The minimum absolute atomic E-state index is 0.743. The highest BCUT2D eigenvalue weighted by Gasteiger charge is 2.06. The highest BCUT2D eigenvalue weighted by Crippen LogP contribution is 2.22. The maximum Gasteiger partial charge on any atom is 0.209 e. The summed E-state index contributed by atoms with van der Waals surface area (Å²) in [6.07, 6.45) is 1.80. The molecule has 3 rings (SSSR count). The van der Waals surface area contributed by atoms with Gasteiger partial charge in [0, 0.05) is 17.5 Å². The van der Waals surface area contributed by atoms with Crippen LogP contribution < -0.4 is 0 Å². The Labute approximate surface area is 135 Å². The zero-order valence-electron chi connectivity index (χ0n) is 13.1. The molecule has 0 radical (unpaired) electrons. The molecule has 5 heteroatoms. The van der Waals surface area contributed by atoms with Crippen molar-refractivity contribution < 1.29 is 0 Å². The Bertz CT molecular complexity index is 695. The first-order chi connectivity index (χ1) is 10.8. The smallest absolute Gasteiger partial charge is 0.209 e. The largest absolute Gasteiger partial charge is 0.260 e. The van der Waals surface area contributed by atoms with Gasteiger partial charge in [0.2, 0.25) is 5.16 Å². The average molecular weight is 312 g/mol. The molecule has 4 nitrogen and oxygen atoms in total. The first kappa shape index (κ1) is 16.2. The van der Waals surface area contributed by atoms with Crippen molar-refractivity contribution in [3.63, 3.8) is 0 Å². The lowest BCUT2D eigenvalue weighted by Crippen LogP contribution is -1.85. The molecule has 0 aliphatic carbocycles. The monoisotopic (exact) mass is 312 g/mol. The van der Waals surface area contributed by atoms with Crippen molar-refractivity contribution in [1.82, 2.24) is 20.2 Å². The third kappa shape index (κ3) is 4.43. The van der Waals surface area contributed by atoms with Crippen LogP contribution in [0.4, 0.5) is 0 Å². The molecule has 0 spiro atoms. The summed E-state index contributed by atoms with van der Waals surface area (Å²) in [6.45, 7) is 6.07. The van der Waals surface area contributed by atoms with Crippen LogP contribution in [0.5, 0.6) is 0 Å². The van der Waals surface area contributed by atoms with Crippen molar-refractivity contribution >= 4 is 11.8 Å². The van der Waals surface area contributed by atoms with Gasteiger partial charge in [-0.3, -0.25) is 10.1 Å². The number of H-pyrrole nitrogens is 1. The molecule has 1 aromatic carbocycles. The van der Waals surface area contributed by atoms with E-state index >= 15 is 0 Å². The molecule has 0 amide bonds. The minimum atomic E-state index is 0.743. The number of hydrogen-bond acceptors (Lipinski definition) is 4. The molecular weight excluding hydrogens is 292 g/mol. The second-order valence-corrected chi connectivity index (χ2v) is 5.39. The molecule has 1 N–H and O–H groups in total. The van der Waals surface area contributed by atoms with Crippen molar-refractivity contribution in [3.05, 3.63) is 59.9 Å². The standard InChI is InChI=1S/C15H14N4S.C2H6/c1-11-5-4-6-12(9-11)14-17-15(19-18-14)20-10-13-7-2-3-8-16-13;1-2/h2-9H,10H2,1H3,(H,17,18,19);1-2H3. The molecule has 0 aliphatic rings. The number of aromatic nitrogens is 4. The molecule has 22 heavy (non-hydrogen) atoms. The summed E-state index contributed by atoms with van der Waals surface area (Å²) in [7, 11) is 0. The zero-order chi connectivity index (χ0) is 15.8. The zero-order valence-corrected chi connectivity index (χ0v) is 13.9. The summed E-state index contributed by atoms with van der Waals surface area (Å²) in [4.78, 5) is 8.79. The molecule has 0 atom stereocenters. The van der Waals surface area contributed by atoms with Gasteiger partial charge in [0.05, 0.1) is 5.69 Å². The van der Waals surface area contributed by atoms with E-state index in [9.17, 15) is 0 Å². The van der Waals surface area contributed by atoms with E-state index in [2.05, 4.69) is 39.2 Å². The van der Waals surface area contributed by atoms with E-state index in [1.165, 1.54) is 5.56 Å². The molecule has 2 heterocycles. The Hall–Kier alpha value is -2.14. The number of thioether (sulfide) groups is 1. The van der Waals surface area contributed by atoms with Crippen molar-refractivity contribution in [2.24, 2.45) is 0 Å². The van der Waals surface area contributed by atoms with Crippen LogP contribution in [0, 0.1) is 6.92 Å². The van der Waals surface area contributed by atoms with Crippen LogP contribution >= 0.6 is 11.8 Å². The fourth-order valence-corrected chi connectivity index (χ4v) is 2.57. The first-order valence-electron chi connectivity index (χ1n) is 7.33. The summed E-state index contributed by atoms with van der Waals surface area (Å²) in [6, 6.07) is 14.1. The number of hydrogen-bond donors (Lipinski definition) is 1. The molecule has 0 saturated heterocycles. The van der Waals surface area contributed by atoms with Crippen LogP contribution in [0.2, 0.25) is 0 Å². The Morgan fingerprint density at radius 1 is 1.09 bits per heavy atom. The summed E-state index contributed by atoms with van der Waals surface area (Å²) in [5.74, 6) is 1.57. The summed E-state index contributed by atoms with van der Waals surface area (Å²) < 4.78 is 0. The molecule has 3 aromatic rings. The van der Waals surface area contributed by atoms with Crippen LogP contribution in [-0.4, -0.2) is 20.2 Å². The van der Waals surface area contributed by atoms with Gasteiger partial charge in [-0.15, -0.1) is 5.10 Å². The highest BCUT2D eigenvalue weighted by molar-refractivity contribution is 7.98. The molecule has 0 fully saturated rings. The number of pyridine rings is 1. The van der Waals surface area contributed by atoms with Gasteiger partial charge >= 0.3 is 0 Å². The van der Waals surface area contributed by atoms with Crippen LogP contribution in [0.3, 0.4) is 0 Å². The van der Waals surface area contributed by atoms with E-state index in [4.69, 9.17) is 0 Å². The summed E-state index contributed by atoms with van der Waals surface area (Å²) in [5, 5.41) is 7.96. The minimum Gasteiger partial charge on any atom is -0.260 e. The quantitative estimate of drug-likeness (QED) is 0.721. The van der Waals surface area contributed by atoms with E-state index in [0.29, 0.717) is 0 Å². The third-order valence-corrected chi connectivity index (χ3v) is 3.71. The molecule has 0 bridgehead atoms. The number of rotatable bonds is 4. The molecule has 0 unspecified atom stereocenters. The number of nitrogens with one attached hydrogen (secondary N) is 1. The summed E-state index contributed by atoms with van der Waals surface area (Å²) >= 11 is 1.58. The molecule has 114 valence electrons. The molecule has 0 saturated carbocycles. The average Bonchev–Trinajstić information content (AvgIpc) is 3.05. The maximum atomic E-state index is 4.51. The molecular formula is C17H20N4S.